The molecule has 1 aliphatic rings. The van der Waals surface area contributed by atoms with Crippen molar-refractivity contribution in [2.45, 2.75) is 52.1 Å². The quantitative estimate of drug-likeness (QED) is 0.142. The number of unbranched alkanes of at least 4 members (excludes halogenated alkanes) is 1. The summed E-state index contributed by atoms with van der Waals surface area (Å²) < 4.78 is 49.5. The maximum atomic E-state index is 12.8. The minimum Gasteiger partial charge on any atom is -0.450 e. The predicted molar refractivity (Wildman–Crippen MR) is 180 cm³/mol. The van der Waals surface area contributed by atoms with Gasteiger partial charge in [-0.05, 0) is 72.9 Å². The van der Waals surface area contributed by atoms with Crippen molar-refractivity contribution in [1.29, 1.82) is 0 Å². The number of hydrogen-bond donors (Lipinski definition) is 1. The van der Waals surface area contributed by atoms with Gasteiger partial charge in [0.25, 0.3) is 0 Å². The lowest BCUT2D eigenvalue weighted by molar-refractivity contribution is -0.274. The summed E-state index contributed by atoms with van der Waals surface area (Å²) in [7, 11) is 0. The zero-order chi connectivity index (χ0) is 33.4. The highest BCUT2D eigenvalue weighted by molar-refractivity contribution is 6.35. The minimum atomic E-state index is -4.76. The first-order valence-electron chi connectivity index (χ1n) is 15.9. The number of amides is 1. The maximum Gasteiger partial charge on any atom is 0.573 e. The van der Waals surface area contributed by atoms with Gasteiger partial charge in [0, 0.05) is 78.7 Å². The van der Waals surface area contributed by atoms with Gasteiger partial charge in [-0.2, -0.15) is 0 Å². The molecule has 1 aliphatic heterocycles. The molecule has 1 amide bonds. The van der Waals surface area contributed by atoms with Crippen molar-refractivity contribution in [2.75, 3.05) is 39.3 Å². The van der Waals surface area contributed by atoms with Crippen LogP contribution in [0.15, 0.2) is 66.9 Å². The smallest absolute Gasteiger partial charge is 0.450 e. The molecule has 47 heavy (non-hydrogen) atoms. The topological polar surface area (TPSA) is 59.0 Å². The Labute approximate surface area is 283 Å². The van der Waals surface area contributed by atoms with Crippen LogP contribution in [0.1, 0.15) is 42.9 Å². The largest absolute Gasteiger partial charge is 0.573 e. The molecule has 1 N–H and O–H groups in total. The molecular formula is C35H39Cl2F3N4O3. The molecule has 3 aromatic carbocycles. The fraction of sp³-hybridized carbons (Fsp3) is 0.400. The van der Waals surface area contributed by atoms with Gasteiger partial charge in [-0.25, -0.2) is 4.79 Å². The highest BCUT2D eigenvalue weighted by atomic mass is 35.5. The van der Waals surface area contributed by atoms with E-state index < -0.39 is 12.5 Å². The highest BCUT2D eigenvalue weighted by Gasteiger charge is 2.31. The number of alkyl carbamates (subject to hydrolysis) is 1. The van der Waals surface area contributed by atoms with E-state index in [4.69, 9.17) is 27.9 Å². The van der Waals surface area contributed by atoms with Gasteiger partial charge in [-0.1, -0.05) is 54.7 Å². The van der Waals surface area contributed by atoms with Crippen molar-refractivity contribution in [2.24, 2.45) is 0 Å². The number of aryl methyl sites for hydroxylation is 1. The molecule has 1 fully saturated rings. The van der Waals surface area contributed by atoms with E-state index in [0.717, 1.165) is 78.8 Å². The molecule has 2 heterocycles. The number of ether oxygens (including phenoxy) is 2. The molecular weight excluding hydrogens is 652 g/mol. The molecule has 0 spiro atoms. The Kier molecular flexibility index (Phi) is 12.0. The Morgan fingerprint density at radius 2 is 1.60 bits per heavy atom. The lowest BCUT2D eigenvalue weighted by Gasteiger charge is -2.35. The van der Waals surface area contributed by atoms with E-state index in [-0.39, 0.29) is 5.75 Å². The minimum absolute atomic E-state index is 0.272. The number of hydrogen-bond acceptors (Lipinski definition) is 5. The SMILES string of the molecule is CCCCOC(=O)NCCCc1cn(-c2ccc(OC(F)(F)F)cc2)c2cc(CN3CCN(Cc4c(Cl)cccc4Cl)CC3)ccc12. The lowest BCUT2D eigenvalue weighted by Crippen LogP contribution is -2.45. The average molecular weight is 692 g/mol. The van der Waals surface area contributed by atoms with E-state index in [0.29, 0.717) is 42.6 Å². The summed E-state index contributed by atoms with van der Waals surface area (Å²) in [5.41, 5.74) is 4.85. The Morgan fingerprint density at radius 3 is 2.26 bits per heavy atom. The summed E-state index contributed by atoms with van der Waals surface area (Å²) in [6, 6.07) is 17.9. The summed E-state index contributed by atoms with van der Waals surface area (Å²) in [6.45, 7) is 7.92. The van der Waals surface area contributed by atoms with Gasteiger partial charge in [0.15, 0.2) is 0 Å². The third kappa shape index (κ3) is 9.79. The van der Waals surface area contributed by atoms with E-state index in [1.54, 1.807) is 12.1 Å². The molecule has 252 valence electrons. The normalized spacial score (nSPS) is 14.4. The molecule has 0 atom stereocenters. The number of nitrogens with one attached hydrogen (secondary N) is 1. The molecule has 12 heteroatoms. The number of carbonyl (C=O) groups is 1. The number of rotatable bonds is 13. The molecule has 0 radical (unpaired) electrons. The molecule has 7 nitrogen and oxygen atoms in total. The molecule has 0 unspecified atom stereocenters. The summed E-state index contributed by atoms with van der Waals surface area (Å²) in [6.07, 6.45) is 0.0254. The van der Waals surface area contributed by atoms with E-state index in [1.807, 2.05) is 35.9 Å². The second-order valence-electron chi connectivity index (χ2n) is 11.7. The van der Waals surface area contributed by atoms with Crippen LogP contribution < -0.4 is 10.1 Å². The Morgan fingerprint density at radius 1 is 0.915 bits per heavy atom. The first kappa shape index (κ1) is 34.9. The van der Waals surface area contributed by atoms with E-state index in [9.17, 15) is 18.0 Å². The molecule has 5 rings (SSSR count). The summed E-state index contributed by atoms with van der Waals surface area (Å²) >= 11 is 12.8. The van der Waals surface area contributed by atoms with Crippen LogP contribution >= 0.6 is 23.2 Å². The first-order valence-corrected chi connectivity index (χ1v) is 16.6. The van der Waals surface area contributed by atoms with Gasteiger partial charge in [0.05, 0.1) is 12.1 Å². The van der Waals surface area contributed by atoms with Crippen LogP contribution in [0.25, 0.3) is 16.6 Å². The van der Waals surface area contributed by atoms with Crippen LogP contribution in [-0.4, -0.2) is 66.2 Å². The van der Waals surface area contributed by atoms with Crippen molar-refractivity contribution in [1.82, 2.24) is 19.7 Å². The number of halogens is 5. The zero-order valence-corrected chi connectivity index (χ0v) is 27.8. The van der Waals surface area contributed by atoms with Gasteiger partial charge in [-0.15, -0.1) is 13.2 Å². The van der Waals surface area contributed by atoms with E-state index in [1.165, 1.54) is 12.1 Å². The zero-order valence-electron chi connectivity index (χ0n) is 26.3. The second-order valence-corrected chi connectivity index (χ2v) is 12.5. The molecule has 4 aromatic rings. The van der Waals surface area contributed by atoms with Crippen LogP contribution in [0.3, 0.4) is 0 Å². The lowest BCUT2D eigenvalue weighted by atomic mass is 10.1. The third-order valence-electron chi connectivity index (χ3n) is 8.24. The van der Waals surface area contributed by atoms with Crippen LogP contribution in [0.5, 0.6) is 5.75 Å². The Bertz CT molecular complexity index is 1620. The van der Waals surface area contributed by atoms with Crippen molar-refractivity contribution in [3.8, 4) is 11.4 Å². The first-order chi connectivity index (χ1) is 22.6. The molecule has 1 saturated heterocycles. The number of piperazine rings is 1. The number of nitrogens with zero attached hydrogens (tertiary/aromatic N) is 3. The highest BCUT2D eigenvalue weighted by Crippen LogP contribution is 2.30. The Hall–Kier alpha value is -3.44. The van der Waals surface area contributed by atoms with E-state index in [2.05, 4.69) is 38.1 Å². The van der Waals surface area contributed by atoms with Crippen molar-refractivity contribution >= 4 is 40.2 Å². The van der Waals surface area contributed by atoms with Gasteiger partial charge in [0.1, 0.15) is 5.75 Å². The number of benzene rings is 3. The summed E-state index contributed by atoms with van der Waals surface area (Å²) in [4.78, 5) is 16.7. The number of carbonyl (C=O) groups excluding carboxylic acids is 1. The fourth-order valence-electron chi connectivity index (χ4n) is 5.76. The van der Waals surface area contributed by atoms with Crippen molar-refractivity contribution in [3.63, 3.8) is 0 Å². The molecule has 1 aromatic heterocycles. The number of fused-ring (bicyclic) bond motifs is 1. The summed E-state index contributed by atoms with van der Waals surface area (Å²) in [5, 5.41) is 5.22. The van der Waals surface area contributed by atoms with E-state index >= 15 is 0 Å². The van der Waals surface area contributed by atoms with Crippen molar-refractivity contribution < 1.29 is 27.4 Å². The second kappa shape index (κ2) is 16.1. The van der Waals surface area contributed by atoms with Crippen molar-refractivity contribution in [3.05, 3.63) is 93.6 Å². The molecule has 0 saturated carbocycles. The monoisotopic (exact) mass is 690 g/mol. The predicted octanol–water partition coefficient (Wildman–Crippen LogP) is 8.61. The van der Waals surface area contributed by atoms with Gasteiger partial charge < -0.3 is 19.4 Å². The number of alkyl halides is 3. The van der Waals surface area contributed by atoms with Crippen LogP contribution in [0.4, 0.5) is 18.0 Å². The van der Waals surface area contributed by atoms with Crippen LogP contribution in [0.2, 0.25) is 10.0 Å². The van der Waals surface area contributed by atoms with Gasteiger partial charge in [-0.3, -0.25) is 9.80 Å². The fourth-order valence-corrected chi connectivity index (χ4v) is 6.28. The summed E-state index contributed by atoms with van der Waals surface area (Å²) in [5.74, 6) is -0.272. The van der Waals surface area contributed by atoms with Crippen LogP contribution in [0, 0.1) is 0 Å². The molecule has 0 bridgehead atoms. The van der Waals surface area contributed by atoms with Gasteiger partial charge >= 0.3 is 12.5 Å². The Balaban J connectivity index is 1.28. The van der Waals surface area contributed by atoms with Gasteiger partial charge in [0.2, 0.25) is 0 Å². The molecule has 0 aliphatic carbocycles. The maximum absolute atomic E-state index is 12.8. The number of aromatic nitrogens is 1. The average Bonchev–Trinajstić information content (AvgIpc) is 3.39. The standard InChI is InChI=1S/C35H39Cl2F3N4O3/c1-2-3-20-46-34(45)41-15-5-6-26-23-44(27-10-12-28(13-11-27)47-35(38,39)40)33-21-25(9-14-29(26)33)22-42-16-18-43(19-17-42)24-30-31(36)7-4-8-32(30)37/h4,7-14,21,23H,2-3,5-6,15-20,22,24H2,1H3,(H,41,45). The van der Waals surface area contributed by atoms with Crippen LogP contribution in [-0.2, 0) is 24.2 Å². The third-order valence-corrected chi connectivity index (χ3v) is 8.95.